The fourth-order valence-corrected chi connectivity index (χ4v) is 4.15. The molecule has 0 saturated carbocycles. The van der Waals surface area contributed by atoms with Gasteiger partial charge in [-0.05, 0) is 42.7 Å². The van der Waals surface area contributed by atoms with Crippen molar-refractivity contribution >= 4 is 40.2 Å². The van der Waals surface area contributed by atoms with Crippen molar-refractivity contribution in [3.63, 3.8) is 0 Å². The van der Waals surface area contributed by atoms with E-state index in [0.29, 0.717) is 54.0 Å². The number of fused-ring (bicyclic) bond motifs is 1. The summed E-state index contributed by atoms with van der Waals surface area (Å²) in [6.45, 7) is 0.444. The second-order valence-corrected chi connectivity index (χ2v) is 8.46. The van der Waals surface area contributed by atoms with Gasteiger partial charge in [-0.25, -0.2) is 4.98 Å². The van der Waals surface area contributed by atoms with Gasteiger partial charge in [-0.3, -0.25) is 19.0 Å². The van der Waals surface area contributed by atoms with E-state index in [9.17, 15) is 14.4 Å². The first-order valence-corrected chi connectivity index (χ1v) is 11.6. The molecule has 0 bridgehead atoms. The third-order valence-electron chi connectivity index (χ3n) is 4.98. The lowest BCUT2D eigenvalue weighted by Crippen LogP contribution is -2.24. The van der Waals surface area contributed by atoms with E-state index < -0.39 is 0 Å². The third kappa shape index (κ3) is 6.92. The minimum atomic E-state index is -0.332. The van der Waals surface area contributed by atoms with Gasteiger partial charge < -0.3 is 11.1 Å². The lowest BCUT2D eigenvalue weighted by Gasteiger charge is -2.13. The number of carbonyl (C=O) groups is 2. The second-order valence-electron chi connectivity index (χ2n) is 7.51. The van der Waals surface area contributed by atoms with Crippen molar-refractivity contribution in [1.29, 1.82) is 5.26 Å². The Labute approximate surface area is 195 Å². The van der Waals surface area contributed by atoms with Crippen molar-refractivity contribution in [2.45, 2.75) is 43.8 Å². The number of primary amides is 1. The summed E-state index contributed by atoms with van der Waals surface area (Å²) >= 11 is 1.21. The number of nitriles is 1. The van der Waals surface area contributed by atoms with E-state index in [1.807, 2.05) is 6.07 Å². The molecule has 1 aromatic heterocycles. The van der Waals surface area contributed by atoms with E-state index in [1.54, 1.807) is 47.0 Å². The van der Waals surface area contributed by atoms with Crippen molar-refractivity contribution in [2.24, 2.45) is 5.73 Å². The highest BCUT2D eigenvalue weighted by molar-refractivity contribution is 7.99. The molecule has 0 spiro atoms. The van der Waals surface area contributed by atoms with Crippen LogP contribution in [0.15, 0.2) is 58.5 Å². The van der Waals surface area contributed by atoms with Crippen LogP contribution < -0.4 is 16.6 Å². The van der Waals surface area contributed by atoms with Crippen LogP contribution >= 0.6 is 11.8 Å². The normalized spacial score (nSPS) is 10.6. The summed E-state index contributed by atoms with van der Waals surface area (Å²) < 4.78 is 1.60. The summed E-state index contributed by atoms with van der Waals surface area (Å²) in [7, 11) is 0. The molecule has 0 fully saturated rings. The molecule has 170 valence electrons. The van der Waals surface area contributed by atoms with Crippen molar-refractivity contribution < 1.29 is 9.59 Å². The number of unbranched alkanes of at least 4 members (excludes halogenated alkanes) is 2. The molecule has 3 aromatic rings. The zero-order valence-corrected chi connectivity index (χ0v) is 18.9. The largest absolute Gasteiger partial charge is 0.370 e. The maximum Gasteiger partial charge on any atom is 0.262 e. The standard InChI is InChI=1S/C24H25N5O3S/c25-14-13-17-9-11-18(12-10-17)27-22(31)16-33-24-28-20-7-4-3-6-19(20)23(32)29(24)15-5-1-2-8-21(26)30/h3-4,6-7,9-12H,1-2,5,8,13,15-16H2,(H2,26,30)(H,27,31). The number of hydrogen-bond acceptors (Lipinski definition) is 6. The molecule has 33 heavy (non-hydrogen) atoms. The van der Waals surface area contributed by atoms with E-state index in [4.69, 9.17) is 11.0 Å². The van der Waals surface area contributed by atoms with Crippen molar-refractivity contribution in [3.05, 3.63) is 64.4 Å². The molecule has 9 heteroatoms. The SMILES string of the molecule is N#CCc1ccc(NC(=O)CSc2nc3ccccc3c(=O)n2CCCCCC(N)=O)cc1. The van der Waals surface area contributed by atoms with Crippen molar-refractivity contribution in [3.8, 4) is 6.07 Å². The van der Waals surface area contributed by atoms with Gasteiger partial charge in [0.1, 0.15) is 0 Å². The summed E-state index contributed by atoms with van der Waals surface area (Å²) in [6.07, 6.45) is 2.77. The fourth-order valence-electron chi connectivity index (χ4n) is 3.33. The smallest absolute Gasteiger partial charge is 0.262 e. The van der Waals surface area contributed by atoms with Crippen LogP contribution in [-0.2, 0) is 22.6 Å². The van der Waals surface area contributed by atoms with E-state index in [0.717, 1.165) is 12.0 Å². The number of amides is 2. The number of nitrogens with two attached hydrogens (primary N) is 1. The predicted octanol–water partition coefficient (Wildman–Crippen LogP) is 3.24. The Balaban J connectivity index is 1.69. The Morgan fingerprint density at radius 1 is 1.09 bits per heavy atom. The molecule has 0 aliphatic heterocycles. The number of nitrogens with one attached hydrogen (secondary N) is 1. The highest BCUT2D eigenvalue weighted by Gasteiger charge is 2.13. The molecule has 0 aliphatic rings. The van der Waals surface area contributed by atoms with Gasteiger partial charge in [0, 0.05) is 18.7 Å². The fraction of sp³-hybridized carbons (Fsp3) is 0.292. The van der Waals surface area contributed by atoms with Gasteiger partial charge in [-0.2, -0.15) is 5.26 Å². The molecule has 0 radical (unpaired) electrons. The Morgan fingerprint density at radius 2 is 1.85 bits per heavy atom. The molecule has 0 unspecified atom stereocenters. The van der Waals surface area contributed by atoms with Gasteiger partial charge in [0.15, 0.2) is 5.16 Å². The summed E-state index contributed by atoms with van der Waals surface area (Å²) in [4.78, 5) is 41.1. The Morgan fingerprint density at radius 3 is 2.58 bits per heavy atom. The third-order valence-corrected chi connectivity index (χ3v) is 5.96. The van der Waals surface area contributed by atoms with Crippen LogP contribution in [0.25, 0.3) is 10.9 Å². The van der Waals surface area contributed by atoms with E-state index >= 15 is 0 Å². The average Bonchev–Trinajstić information content (AvgIpc) is 2.80. The molecular formula is C24H25N5O3S. The quantitative estimate of drug-likeness (QED) is 0.255. The summed E-state index contributed by atoms with van der Waals surface area (Å²) in [6, 6.07) is 16.3. The number of carbonyl (C=O) groups excluding carboxylic acids is 2. The van der Waals surface area contributed by atoms with Crippen LogP contribution in [0.5, 0.6) is 0 Å². The first-order chi connectivity index (χ1) is 16.0. The molecule has 2 amide bonds. The molecule has 8 nitrogen and oxygen atoms in total. The maximum absolute atomic E-state index is 13.1. The number of aromatic nitrogens is 2. The molecular weight excluding hydrogens is 438 g/mol. The number of rotatable bonds is 11. The van der Waals surface area contributed by atoms with Gasteiger partial charge in [-0.1, -0.05) is 42.4 Å². The number of benzene rings is 2. The maximum atomic E-state index is 13.1. The van der Waals surface area contributed by atoms with Crippen molar-refractivity contribution in [1.82, 2.24) is 9.55 Å². The van der Waals surface area contributed by atoms with Crippen molar-refractivity contribution in [2.75, 3.05) is 11.1 Å². The summed E-state index contributed by atoms with van der Waals surface area (Å²) in [5.74, 6) is -0.461. The second kappa shape index (κ2) is 11.8. The van der Waals surface area contributed by atoms with Crippen LogP contribution in [0, 0.1) is 11.3 Å². The molecule has 1 heterocycles. The number of para-hydroxylation sites is 1. The van der Waals surface area contributed by atoms with E-state index in [2.05, 4.69) is 16.4 Å². The Hall–Kier alpha value is -3.64. The number of thioether (sulfide) groups is 1. The van der Waals surface area contributed by atoms with Crippen LogP contribution in [0.3, 0.4) is 0 Å². The zero-order valence-electron chi connectivity index (χ0n) is 18.1. The monoisotopic (exact) mass is 463 g/mol. The Kier molecular flexibility index (Phi) is 8.61. The molecule has 2 aromatic carbocycles. The Bertz CT molecular complexity index is 1230. The minimum absolute atomic E-state index is 0.0897. The van der Waals surface area contributed by atoms with Crippen LogP contribution in [0.1, 0.15) is 31.2 Å². The topological polar surface area (TPSA) is 131 Å². The first kappa shape index (κ1) is 24.0. The molecule has 3 rings (SSSR count). The van der Waals surface area contributed by atoms with Gasteiger partial charge in [0.05, 0.1) is 29.1 Å². The highest BCUT2D eigenvalue weighted by atomic mass is 32.2. The van der Waals surface area contributed by atoms with Crippen LogP contribution in [0.4, 0.5) is 5.69 Å². The van der Waals surface area contributed by atoms with Gasteiger partial charge >= 0.3 is 0 Å². The molecule has 0 atom stereocenters. The number of anilines is 1. The first-order valence-electron chi connectivity index (χ1n) is 10.6. The van der Waals surface area contributed by atoms with E-state index in [-0.39, 0.29) is 23.1 Å². The van der Waals surface area contributed by atoms with Crippen LogP contribution in [-0.4, -0.2) is 27.1 Å². The summed E-state index contributed by atoms with van der Waals surface area (Å²) in [5.41, 5.74) is 7.14. The lowest BCUT2D eigenvalue weighted by atomic mass is 10.1. The van der Waals surface area contributed by atoms with Gasteiger partial charge in [-0.15, -0.1) is 0 Å². The van der Waals surface area contributed by atoms with Crippen LogP contribution in [0.2, 0.25) is 0 Å². The summed E-state index contributed by atoms with van der Waals surface area (Å²) in [5, 5.41) is 12.6. The average molecular weight is 464 g/mol. The highest BCUT2D eigenvalue weighted by Crippen LogP contribution is 2.19. The number of hydrogen-bond donors (Lipinski definition) is 2. The molecule has 0 saturated heterocycles. The molecule has 3 N–H and O–H groups in total. The molecule has 0 aliphatic carbocycles. The lowest BCUT2D eigenvalue weighted by molar-refractivity contribution is -0.118. The number of nitrogens with zero attached hydrogens (tertiary/aromatic N) is 3. The predicted molar refractivity (Wildman–Crippen MR) is 129 cm³/mol. The van der Waals surface area contributed by atoms with Gasteiger partial charge in [0.2, 0.25) is 11.8 Å². The van der Waals surface area contributed by atoms with E-state index in [1.165, 1.54) is 11.8 Å². The zero-order chi connectivity index (χ0) is 23.6. The van der Waals surface area contributed by atoms with Gasteiger partial charge in [0.25, 0.3) is 5.56 Å². The minimum Gasteiger partial charge on any atom is -0.370 e.